The predicted molar refractivity (Wildman–Crippen MR) is 104 cm³/mol. The molecule has 1 aromatic heterocycles. The van der Waals surface area contributed by atoms with Gasteiger partial charge in [0.05, 0.1) is 10.9 Å². The van der Waals surface area contributed by atoms with Crippen LogP contribution < -0.4 is 0 Å². The first-order chi connectivity index (χ1) is 12.9. The molecule has 1 fully saturated rings. The smallest absolute Gasteiger partial charge is 0.243 e. The molecular formula is C20H26N4O2S. The van der Waals surface area contributed by atoms with E-state index in [1.165, 1.54) is 0 Å². The molecule has 0 amide bonds. The Bertz CT molecular complexity index is 927. The van der Waals surface area contributed by atoms with Gasteiger partial charge >= 0.3 is 0 Å². The van der Waals surface area contributed by atoms with Gasteiger partial charge in [0, 0.05) is 43.5 Å². The zero-order valence-corrected chi connectivity index (χ0v) is 16.7. The van der Waals surface area contributed by atoms with Gasteiger partial charge in [0.1, 0.15) is 5.82 Å². The number of aromatic nitrogens is 2. The number of piperidine rings is 1. The van der Waals surface area contributed by atoms with E-state index in [1.54, 1.807) is 16.4 Å². The van der Waals surface area contributed by atoms with Crippen molar-refractivity contribution in [3.63, 3.8) is 0 Å². The van der Waals surface area contributed by atoms with Crippen LogP contribution in [0.15, 0.2) is 35.4 Å². The van der Waals surface area contributed by atoms with E-state index < -0.39 is 10.0 Å². The Labute approximate surface area is 161 Å². The Balaban J connectivity index is 1.68. The fraction of sp³-hybridized carbons (Fsp3) is 0.500. The summed E-state index contributed by atoms with van der Waals surface area (Å²) < 4.78 is 28.2. The van der Waals surface area contributed by atoms with Crippen molar-refractivity contribution < 1.29 is 8.42 Å². The molecule has 3 heterocycles. The summed E-state index contributed by atoms with van der Waals surface area (Å²) in [5.41, 5.74) is 3.26. The molecular weight excluding hydrogens is 360 g/mol. The lowest BCUT2D eigenvalue weighted by Crippen LogP contribution is -2.39. The van der Waals surface area contributed by atoms with Gasteiger partial charge in [-0.3, -0.25) is 0 Å². The number of aryl methyl sites for hydroxylation is 1. The summed E-state index contributed by atoms with van der Waals surface area (Å²) in [6, 6.07) is 6.80. The zero-order valence-electron chi connectivity index (χ0n) is 15.9. The molecule has 27 heavy (non-hydrogen) atoms. The van der Waals surface area contributed by atoms with Crippen LogP contribution in [0.1, 0.15) is 47.9 Å². The molecule has 0 spiro atoms. The number of fused-ring (bicyclic) bond motifs is 1. The van der Waals surface area contributed by atoms with E-state index in [9.17, 15) is 8.42 Å². The summed E-state index contributed by atoms with van der Waals surface area (Å²) in [4.78, 5) is 12.0. The molecule has 0 saturated carbocycles. The SMILES string of the molecule is Cc1ccc(S(=O)(=O)N2CCCC[C@H]2c2ncc3c(n2)CCN(C)C3)cc1. The minimum Gasteiger partial charge on any atom is -0.302 e. The van der Waals surface area contributed by atoms with Crippen molar-refractivity contribution in [3.05, 3.63) is 53.1 Å². The summed E-state index contributed by atoms with van der Waals surface area (Å²) in [5, 5.41) is 0. The first-order valence-corrected chi connectivity index (χ1v) is 11.0. The summed E-state index contributed by atoms with van der Waals surface area (Å²) >= 11 is 0. The largest absolute Gasteiger partial charge is 0.302 e. The van der Waals surface area contributed by atoms with Crippen LogP contribution in [0.5, 0.6) is 0 Å². The second-order valence-corrected chi connectivity index (χ2v) is 9.52. The number of sulfonamides is 1. The van der Waals surface area contributed by atoms with E-state index in [2.05, 4.69) is 16.9 Å². The van der Waals surface area contributed by atoms with Gasteiger partial charge in [-0.05, 0) is 38.9 Å². The number of rotatable bonds is 3. The number of nitrogens with zero attached hydrogens (tertiary/aromatic N) is 4. The second-order valence-electron chi connectivity index (χ2n) is 7.63. The van der Waals surface area contributed by atoms with Gasteiger partial charge in [-0.2, -0.15) is 4.31 Å². The minimum atomic E-state index is -3.56. The molecule has 1 atom stereocenters. The van der Waals surface area contributed by atoms with Gasteiger partial charge in [-0.25, -0.2) is 18.4 Å². The third-order valence-electron chi connectivity index (χ3n) is 5.52. The van der Waals surface area contributed by atoms with Gasteiger partial charge < -0.3 is 4.90 Å². The molecule has 7 heteroatoms. The van der Waals surface area contributed by atoms with Crippen LogP contribution in [0.25, 0.3) is 0 Å². The molecule has 0 radical (unpaired) electrons. The van der Waals surface area contributed by atoms with Crippen molar-refractivity contribution >= 4 is 10.0 Å². The Morgan fingerprint density at radius 2 is 1.89 bits per heavy atom. The quantitative estimate of drug-likeness (QED) is 0.811. The molecule has 144 valence electrons. The third kappa shape index (κ3) is 3.63. The molecule has 0 unspecified atom stereocenters. The Kier molecular flexibility index (Phi) is 5.01. The first kappa shape index (κ1) is 18.5. The fourth-order valence-corrected chi connectivity index (χ4v) is 5.58. The number of hydrogen-bond acceptors (Lipinski definition) is 5. The van der Waals surface area contributed by atoms with E-state index in [1.807, 2.05) is 25.3 Å². The maximum absolute atomic E-state index is 13.3. The van der Waals surface area contributed by atoms with Gasteiger partial charge in [0.25, 0.3) is 0 Å². The van der Waals surface area contributed by atoms with Crippen LogP contribution in [-0.2, 0) is 23.0 Å². The summed E-state index contributed by atoms with van der Waals surface area (Å²) in [7, 11) is -1.47. The van der Waals surface area contributed by atoms with Crippen molar-refractivity contribution in [3.8, 4) is 0 Å². The Morgan fingerprint density at radius 3 is 2.67 bits per heavy atom. The average molecular weight is 387 g/mol. The van der Waals surface area contributed by atoms with Crippen molar-refractivity contribution in [2.45, 2.75) is 50.1 Å². The topological polar surface area (TPSA) is 66.4 Å². The highest BCUT2D eigenvalue weighted by Gasteiger charge is 2.36. The van der Waals surface area contributed by atoms with Gasteiger partial charge in [0.2, 0.25) is 10.0 Å². The molecule has 4 rings (SSSR count). The molecule has 2 aliphatic heterocycles. The minimum absolute atomic E-state index is 0.282. The van der Waals surface area contributed by atoms with Crippen LogP contribution in [0.3, 0.4) is 0 Å². The maximum atomic E-state index is 13.3. The van der Waals surface area contributed by atoms with Crippen LogP contribution >= 0.6 is 0 Å². The number of likely N-dealkylation sites (N-methyl/N-ethyl adjacent to an activating group) is 1. The molecule has 0 N–H and O–H groups in total. The molecule has 6 nitrogen and oxygen atoms in total. The molecule has 0 aliphatic carbocycles. The molecule has 2 aromatic rings. The van der Waals surface area contributed by atoms with E-state index in [-0.39, 0.29) is 6.04 Å². The highest BCUT2D eigenvalue weighted by atomic mass is 32.2. The van der Waals surface area contributed by atoms with Crippen LogP contribution in [-0.4, -0.2) is 47.7 Å². The van der Waals surface area contributed by atoms with Gasteiger partial charge in [-0.1, -0.05) is 24.1 Å². The fourth-order valence-electron chi connectivity index (χ4n) is 3.93. The monoisotopic (exact) mass is 386 g/mol. The normalized spacial score (nSPS) is 21.8. The summed E-state index contributed by atoms with van der Waals surface area (Å²) in [6.45, 7) is 4.30. The lowest BCUT2D eigenvalue weighted by atomic mass is 10.0. The Hall–Kier alpha value is -1.83. The highest BCUT2D eigenvalue weighted by molar-refractivity contribution is 7.89. The summed E-state index contributed by atoms with van der Waals surface area (Å²) in [5.74, 6) is 0.647. The number of hydrogen-bond donors (Lipinski definition) is 0. The molecule has 2 aliphatic rings. The van der Waals surface area contributed by atoms with E-state index in [0.29, 0.717) is 17.3 Å². The third-order valence-corrected chi connectivity index (χ3v) is 7.45. The van der Waals surface area contributed by atoms with Gasteiger partial charge in [0.15, 0.2) is 0 Å². The standard InChI is InChI=1S/C20H26N4O2S/c1-15-6-8-17(9-7-15)27(25,26)24-11-4-3-5-19(24)20-21-13-16-14-23(2)12-10-18(16)22-20/h6-9,13,19H,3-5,10-12,14H2,1-2H3/t19-/m0/s1. The van der Waals surface area contributed by atoms with E-state index in [4.69, 9.17) is 4.98 Å². The van der Waals surface area contributed by atoms with Crippen LogP contribution in [0.4, 0.5) is 0 Å². The van der Waals surface area contributed by atoms with E-state index in [0.717, 1.165) is 55.6 Å². The van der Waals surface area contributed by atoms with Crippen molar-refractivity contribution in [1.82, 2.24) is 19.2 Å². The average Bonchev–Trinajstić information content (AvgIpc) is 2.68. The maximum Gasteiger partial charge on any atom is 0.243 e. The van der Waals surface area contributed by atoms with Crippen LogP contribution in [0.2, 0.25) is 0 Å². The molecule has 1 aromatic carbocycles. The van der Waals surface area contributed by atoms with Gasteiger partial charge in [-0.15, -0.1) is 0 Å². The van der Waals surface area contributed by atoms with Crippen molar-refractivity contribution in [2.24, 2.45) is 0 Å². The lowest BCUT2D eigenvalue weighted by molar-refractivity contribution is 0.244. The van der Waals surface area contributed by atoms with E-state index >= 15 is 0 Å². The van der Waals surface area contributed by atoms with Crippen molar-refractivity contribution in [2.75, 3.05) is 20.1 Å². The second kappa shape index (κ2) is 7.30. The van der Waals surface area contributed by atoms with Crippen LogP contribution in [0, 0.1) is 6.92 Å². The molecule has 0 bridgehead atoms. The number of benzene rings is 1. The molecule has 1 saturated heterocycles. The first-order valence-electron chi connectivity index (χ1n) is 9.57. The van der Waals surface area contributed by atoms with Crippen molar-refractivity contribution in [1.29, 1.82) is 0 Å². The predicted octanol–water partition coefficient (Wildman–Crippen LogP) is 2.69. The summed E-state index contributed by atoms with van der Waals surface area (Å²) in [6.07, 6.45) is 5.41. The zero-order chi connectivity index (χ0) is 19.0. The lowest BCUT2D eigenvalue weighted by Gasteiger charge is -2.34. The highest BCUT2D eigenvalue weighted by Crippen LogP contribution is 2.34. The Morgan fingerprint density at radius 1 is 1.11 bits per heavy atom.